The number of ether oxygens (including phenoxy) is 1. The molecule has 5 aromatic rings. The van der Waals surface area contributed by atoms with Crippen LogP contribution < -0.4 is 30.9 Å². The van der Waals surface area contributed by atoms with E-state index in [1.807, 2.05) is 26.0 Å². The van der Waals surface area contributed by atoms with Crippen molar-refractivity contribution in [1.82, 2.24) is 35.1 Å². The molecule has 0 spiro atoms. The molecule has 3 saturated heterocycles. The number of piperidine rings is 2. The Morgan fingerprint density at radius 1 is 0.862 bits per heavy atom. The third-order valence-corrected chi connectivity index (χ3v) is 14.4. The molecule has 8 rings (SSSR count). The van der Waals surface area contributed by atoms with Gasteiger partial charge in [0.2, 0.25) is 17.8 Å². The third-order valence-electron chi connectivity index (χ3n) is 12.8. The highest BCUT2D eigenvalue weighted by molar-refractivity contribution is 7.71. The number of rotatable bonds is 15. The van der Waals surface area contributed by atoms with Crippen molar-refractivity contribution in [3.05, 3.63) is 89.0 Å². The van der Waals surface area contributed by atoms with Gasteiger partial charge in [0.25, 0.3) is 0 Å². The highest BCUT2D eigenvalue weighted by Gasteiger charge is 2.33. The fraction of sp³-hybridized carbons (Fsp3) is 0.458. The van der Waals surface area contributed by atoms with Crippen molar-refractivity contribution in [3.8, 4) is 5.75 Å². The Morgan fingerprint density at radius 2 is 1.62 bits per heavy atom. The van der Waals surface area contributed by atoms with Gasteiger partial charge in [-0.25, -0.2) is 23.7 Å². The minimum Gasteiger partial charge on any atom is -0.492 e. The number of carbonyl (C=O) groups excluding carboxylic acids is 2. The van der Waals surface area contributed by atoms with E-state index in [9.17, 15) is 14.2 Å². The summed E-state index contributed by atoms with van der Waals surface area (Å²) in [4.78, 5) is 49.7. The summed E-state index contributed by atoms with van der Waals surface area (Å²) in [6, 6.07) is 13.0. The number of halogens is 2. The molecule has 3 aromatic carbocycles. The molecule has 2 aromatic heterocycles. The summed E-state index contributed by atoms with van der Waals surface area (Å²) >= 11 is 0. The molecule has 3 N–H and O–H groups in total. The van der Waals surface area contributed by atoms with Gasteiger partial charge in [-0.15, -0.1) is 0 Å². The van der Waals surface area contributed by atoms with Crippen molar-refractivity contribution in [2.75, 3.05) is 81.3 Å². The molecule has 3 aliphatic rings. The van der Waals surface area contributed by atoms with Crippen LogP contribution in [0.25, 0.3) is 10.9 Å². The number of fused-ring (bicyclic) bond motifs is 1. The Morgan fingerprint density at radius 3 is 2.29 bits per heavy atom. The second kappa shape index (κ2) is 19.9. The Balaban J connectivity index is 0.874. The molecule has 0 unspecified atom stereocenters. The van der Waals surface area contributed by atoms with Crippen molar-refractivity contribution >= 4 is 64.0 Å². The van der Waals surface area contributed by atoms with E-state index in [-0.39, 0.29) is 18.4 Å². The van der Waals surface area contributed by atoms with Gasteiger partial charge in [-0.2, -0.15) is 4.98 Å². The fourth-order valence-electron chi connectivity index (χ4n) is 9.49. The Bertz CT molecular complexity index is 2590. The first-order valence-electron chi connectivity index (χ1n) is 22.9. The van der Waals surface area contributed by atoms with Gasteiger partial charge < -0.3 is 29.7 Å². The molecule has 14 nitrogen and oxygen atoms in total. The smallest absolute Gasteiger partial charge is 0.234 e. The van der Waals surface area contributed by atoms with Crippen molar-refractivity contribution in [2.24, 2.45) is 0 Å². The number of hydrogen-bond donors (Lipinski definition) is 3. The number of imide groups is 1. The highest BCUT2D eigenvalue weighted by atomic mass is 31.2. The van der Waals surface area contributed by atoms with Gasteiger partial charge in [-0.3, -0.25) is 19.8 Å². The maximum Gasteiger partial charge on any atom is 0.234 e. The number of anilines is 5. The predicted molar refractivity (Wildman–Crippen MR) is 252 cm³/mol. The number of carbonyl (C=O) groups is 2. The summed E-state index contributed by atoms with van der Waals surface area (Å²) < 4.78 is 50.1. The van der Waals surface area contributed by atoms with E-state index in [4.69, 9.17) is 9.72 Å². The summed E-state index contributed by atoms with van der Waals surface area (Å²) in [5.41, 5.74) is 4.89. The van der Waals surface area contributed by atoms with Gasteiger partial charge in [-0.1, -0.05) is 13.8 Å². The fourth-order valence-corrected chi connectivity index (χ4v) is 10.9. The first-order chi connectivity index (χ1) is 31.3. The standard InChI is InChI=1S/C48H59F2N10O4P/c1-6-31-27-39(55-48-51-17-13-43(56-48)54-38-11-10-37-34(46(38)65(4,5)63)29-52-42(7-2)53-37)41(64-8-3)28-40(31)60-19-15-32(16-20-60)59-23-21-58(22-24-59)18-14-30-25-35(49)45(36(50)26-30)33-9-12-44(61)57-47(33)62/h10-11,13,17,25-29,32-33H,6-9,12,14-16,18-24H2,1-5H3,(H,57,61,62)(H2,51,54,55,56)/t33-/m1/s1. The van der Waals surface area contributed by atoms with E-state index < -0.39 is 36.5 Å². The number of nitrogens with one attached hydrogen (secondary N) is 3. The maximum atomic E-state index is 15.1. The molecule has 65 heavy (non-hydrogen) atoms. The van der Waals surface area contributed by atoms with Crippen LogP contribution in [-0.2, 0) is 33.4 Å². The van der Waals surface area contributed by atoms with Crippen LogP contribution >= 0.6 is 7.14 Å². The average Bonchev–Trinajstić information content (AvgIpc) is 3.29. The number of piperazine rings is 1. The molecule has 5 heterocycles. The molecule has 0 aliphatic carbocycles. The summed E-state index contributed by atoms with van der Waals surface area (Å²) in [5, 5.41) is 10.4. The molecule has 0 radical (unpaired) electrons. The number of amides is 2. The second-order valence-corrected chi connectivity index (χ2v) is 20.6. The number of benzene rings is 3. The summed E-state index contributed by atoms with van der Waals surface area (Å²) in [5.74, 6) is -1.13. The third kappa shape index (κ3) is 10.5. The van der Waals surface area contributed by atoms with E-state index in [0.717, 1.165) is 86.7 Å². The van der Waals surface area contributed by atoms with E-state index in [2.05, 4.69) is 64.7 Å². The van der Waals surface area contributed by atoms with Gasteiger partial charge in [0.1, 0.15) is 36.2 Å². The Hall–Kier alpha value is -5.57. The SMILES string of the molecule is CCOc1cc(N2CCC(N3CCN(CCc4cc(F)c([C@H]5CCC(=O)NC5=O)c(F)c4)CC3)CC2)c(CC)cc1Nc1nccc(Nc2ccc3nc(CC)ncc3c2P(C)(C)=O)n1. The minimum atomic E-state index is -2.76. The second-order valence-electron chi connectivity index (χ2n) is 17.5. The van der Waals surface area contributed by atoms with Crippen molar-refractivity contribution in [2.45, 2.75) is 77.7 Å². The molecule has 0 bridgehead atoms. The Labute approximate surface area is 379 Å². The predicted octanol–water partition coefficient (Wildman–Crippen LogP) is 7.31. The lowest BCUT2D eigenvalue weighted by molar-refractivity contribution is -0.134. The quantitative estimate of drug-likeness (QED) is 0.0711. The lowest BCUT2D eigenvalue weighted by atomic mass is 9.89. The van der Waals surface area contributed by atoms with E-state index in [0.29, 0.717) is 60.4 Å². The van der Waals surface area contributed by atoms with E-state index in [1.165, 1.54) is 23.4 Å². The molecule has 3 fully saturated rings. The van der Waals surface area contributed by atoms with Crippen LogP contribution in [-0.4, -0.2) is 113 Å². The lowest BCUT2D eigenvalue weighted by Crippen LogP contribution is -2.53. The van der Waals surface area contributed by atoms with Crippen LogP contribution in [0.4, 0.5) is 37.6 Å². The number of hydrogen-bond acceptors (Lipinski definition) is 13. The van der Waals surface area contributed by atoms with Crippen molar-refractivity contribution in [1.29, 1.82) is 0 Å². The van der Waals surface area contributed by atoms with Crippen molar-refractivity contribution < 1.29 is 27.7 Å². The molecular weight excluding hydrogens is 850 g/mol. The van der Waals surface area contributed by atoms with Gasteiger partial charge in [0.05, 0.1) is 29.4 Å². The van der Waals surface area contributed by atoms with Crippen molar-refractivity contribution in [3.63, 3.8) is 0 Å². The van der Waals surface area contributed by atoms with Crippen LogP contribution in [0.2, 0.25) is 0 Å². The molecule has 1 atom stereocenters. The number of aryl methyl sites for hydroxylation is 2. The molecule has 17 heteroatoms. The zero-order valence-corrected chi connectivity index (χ0v) is 38.8. The molecule has 0 saturated carbocycles. The minimum absolute atomic E-state index is 0.0647. The summed E-state index contributed by atoms with van der Waals surface area (Å²) in [7, 11) is -2.76. The van der Waals surface area contributed by atoms with Gasteiger partial charge in [-0.05, 0) is 99.9 Å². The van der Waals surface area contributed by atoms with Gasteiger partial charge in [0.15, 0.2) is 0 Å². The van der Waals surface area contributed by atoms with E-state index >= 15 is 8.78 Å². The summed E-state index contributed by atoms with van der Waals surface area (Å²) in [6.07, 6.45) is 7.73. The normalized spacial score (nSPS) is 18.0. The van der Waals surface area contributed by atoms with Gasteiger partial charge in [0, 0.05) is 105 Å². The molecule has 2 amide bonds. The summed E-state index contributed by atoms with van der Waals surface area (Å²) in [6.45, 7) is 16.3. The zero-order chi connectivity index (χ0) is 45.8. The average molecular weight is 909 g/mol. The zero-order valence-electron chi connectivity index (χ0n) is 37.9. The lowest BCUT2D eigenvalue weighted by Gasteiger charge is -2.43. The first kappa shape index (κ1) is 46.0. The molecule has 344 valence electrons. The van der Waals surface area contributed by atoms with Crippen LogP contribution in [0.3, 0.4) is 0 Å². The van der Waals surface area contributed by atoms with E-state index in [1.54, 1.807) is 31.8 Å². The van der Waals surface area contributed by atoms with Crippen LogP contribution in [0.5, 0.6) is 5.75 Å². The van der Waals surface area contributed by atoms with Crippen LogP contribution in [0.1, 0.15) is 74.9 Å². The molecule has 3 aliphatic heterocycles. The maximum absolute atomic E-state index is 15.1. The Kier molecular flexibility index (Phi) is 14.1. The monoisotopic (exact) mass is 908 g/mol. The van der Waals surface area contributed by atoms with Crippen LogP contribution in [0.15, 0.2) is 54.9 Å². The molecular formula is C48H59F2N10O4P. The number of aromatic nitrogens is 4. The van der Waals surface area contributed by atoms with Gasteiger partial charge >= 0.3 is 0 Å². The first-order valence-corrected chi connectivity index (χ1v) is 25.5. The topological polar surface area (TPSA) is 158 Å². The number of nitrogens with zero attached hydrogens (tertiary/aromatic N) is 7. The largest absolute Gasteiger partial charge is 0.492 e. The van der Waals surface area contributed by atoms with Crippen LogP contribution in [0, 0.1) is 11.6 Å². The highest BCUT2D eigenvalue weighted by Crippen LogP contribution is 2.42.